The molecule has 1 heterocycles. The molecule has 6 heteroatoms. The highest BCUT2D eigenvalue weighted by atomic mass is 16.4. The molecule has 1 aromatic heterocycles. The van der Waals surface area contributed by atoms with E-state index in [-0.39, 0.29) is 17.4 Å². The number of rotatable bonds is 3. The van der Waals surface area contributed by atoms with E-state index in [1.807, 2.05) is 6.07 Å². The molecule has 1 aromatic carbocycles. The summed E-state index contributed by atoms with van der Waals surface area (Å²) in [6.45, 7) is 1.56. The fourth-order valence-electron chi connectivity index (χ4n) is 1.69. The zero-order chi connectivity index (χ0) is 14.7. The molecule has 20 heavy (non-hydrogen) atoms. The minimum Gasteiger partial charge on any atom is -0.478 e. The van der Waals surface area contributed by atoms with Crippen molar-refractivity contribution in [2.75, 3.05) is 11.9 Å². The Balaban J connectivity index is 2.30. The van der Waals surface area contributed by atoms with E-state index < -0.39 is 5.97 Å². The Morgan fingerprint density at radius 3 is 2.40 bits per heavy atom. The number of hydrogen-bond donors (Lipinski definition) is 1. The van der Waals surface area contributed by atoms with Crippen LogP contribution in [0.2, 0.25) is 0 Å². The Morgan fingerprint density at radius 2 is 1.85 bits per heavy atom. The van der Waals surface area contributed by atoms with E-state index in [2.05, 4.69) is 9.97 Å². The van der Waals surface area contributed by atoms with Gasteiger partial charge in [-0.05, 0) is 19.1 Å². The molecule has 0 spiro atoms. The molecular weight excluding hydrogens is 258 g/mol. The highest BCUT2D eigenvalue weighted by Gasteiger charge is 2.17. The highest BCUT2D eigenvalue weighted by molar-refractivity contribution is 6.04. The van der Waals surface area contributed by atoms with E-state index in [0.717, 1.165) is 0 Å². The normalized spacial score (nSPS) is 10.1. The van der Waals surface area contributed by atoms with Gasteiger partial charge in [0.1, 0.15) is 0 Å². The number of carboxylic acids is 1. The quantitative estimate of drug-likeness (QED) is 0.919. The molecule has 6 nitrogen and oxygen atoms in total. The number of carboxylic acid groups (broad SMARTS) is 1. The number of hydrogen-bond acceptors (Lipinski definition) is 4. The number of aromatic nitrogens is 2. The SMILES string of the molecule is Cc1nc(N(C)C(=O)c2ccccc2)ncc1C(=O)O. The second-order valence-corrected chi connectivity index (χ2v) is 4.20. The third kappa shape index (κ3) is 2.64. The molecule has 2 rings (SSSR count). The van der Waals surface area contributed by atoms with Crippen molar-refractivity contribution in [3.8, 4) is 0 Å². The number of carbonyl (C=O) groups excluding carboxylic acids is 1. The summed E-state index contributed by atoms with van der Waals surface area (Å²) in [6, 6.07) is 8.73. The Bertz CT molecular complexity index is 656. The molecule has 0 unspecified atom stereocenters. The van der Waals surface area contributed by atoms with Gasteiger partial charge in [0.15, 0.2) is 0 Å². The van der Waals surface area contributed by atoms with Crippen molar-refractivity contribution in [3.05, 3.63) is 53.3 Å². The molecule has 0 radical (unpaired) electrons. The molecule has 1 amide bonds. The largest absolute Gasteiger partial charge is 0.478 e. The van der Waals surface area contributed by atoms with E-state index in [4.69, 9.17) is 5.11 Å². The lowest BCUT2D eigenvalue weighted by atomic mass is 10.2. The van der Waals surface area contributed by atoms with Crippen molar-refractivity contribution in [2.24, 2.45) is 0 Å². The number of aryl methyl sites for hydroxylation is 1. The molecule has 0 aliphatic carbocycles. The zero-order valence-electron chi connectivity index (χ0n) is 11.1. The average molecular weight is 271 g/mol. The van der Waals surface area contributed by atoms with Crippen molar-refractivity contribution in [3.63, 3.8) is 0 Å². The first-order valence-corrected chi connectivity index (χ1v) is 5.90. The van der Waals surface area contributed by atoms with Gasteiger partial charge in [0.05, 0.1) is 11.3 Å². The third-order valence-corrected chi connectivity index (χ3v) is 2.82. The summed E-state index contributed by atoms with van der Waals surface area (Å²) in [5.74, 6) is -1.18. The van der Waals surface area contributed by atoms with Gasteiger partial charge in [-0.3, -0.25) is 9.69 Å². The Labute approximate surface area is 115 Å². The van der Waals surface area contributed by atoms with E-state index in [1.165, 1.54) is 11.1 Å². The van der Waals surface area contributed by atoms with Crippen LogP contribution in [0.15, 0.2) is 36.5 Å². The van der Waals surface area contributed by atoms with Gasteiger partial charge in [0, 0.05) is 18.8 Å². The number of carbonyl (C=O) groups is 2. The minimum atomic E-state index is -1.09. The van der Waals surface area contributed by atoms with Crippen molar-refractivity contribution in [2.45, 2.75) is 6.92 Å². The molecule has 0 saturated heterocycles. The summed E-state index contributed by atoms with van der Waals surface area (Å²) in [7, 11) is 1.55. The highest BCUT2D eigenvalue weighted by Crippen LogP contribution is 2.13. The molecule has 0 saturated carbocycles. The lowest BCUT2D eigenvalue weighted by Crippen LogP contribution is -2.28. The zero-order valence-corrected chi connectivity index (χ0v) is 11.1. The van der Waals surface area contributed by atoms with Crippen LogP contribution in [0.25, 0.3) is 0 Å². The predicted octanol–water partition coefficient (Wildman–Crippen LogP) is 1.76. The summed E-state index contributed by atoms with van der Waals surface area (Å²) >= 11 is 0. The van der Waals surface area contributed by atoms with Gasteiger partial charge < -0.3 is 5.11 Å². The smallest absolute Gasteiger partial charge is 0.339 e. The van der Waals surface area contributed by atoms with Gasteiger partial charge in [-0.2, -0.15) is 0 Å². The second-order valence-electron chi connectivity index (χ2n) is 4.20. The maximum Gasteiger partial charge on any atom is 0.339 e. The van der Waals surface area contributed by atoms with Gasteiger partial charge >= 0.3 is 5.97 Å². The molecule has 0 atom stereocenters. The summed E-state index contributed by atoms with van der Waals surface area (Å²) in [6.07, 6.45) is 1.20. The van der Waals surface area contributed by atoms with Gasteiger partial charge in [0.25, 0.3) is 5.91 Å². The number of aromatic carboxylic acids is 1. The molecule has 0 aliphatic rings. The van der Waals surface area contributed by atoms with Crippen LogP contribution >= 0.6 is 0 Å². The first-order chi connectivity index (χ1) is 9.50. The first kappa shape index (κ1) is 13.7. The fourth-order valence-corrected chi connectivity index (χ4v) is 1.69. The van der Waals surface area contributed by atoms with Crippen molar-refractivity contribution in [1.29, 1.82) is 0 Å². The summed E-state index contributed by atoms with van der Waals surface area (Å²) in [4.78, 5) is 32.4. The maximum absolute atomic E-state index is 12.2. The van der Waals surface area contributed by atoms with Crippen molar-refractivity contribution in [1.82, 2.24) is 9.97 Å². The van der Waals surface area contributed by atoms with Gasteiger partial charge in [-0.25, -0.2) is 14.8 Å². The van der Waals surface area contributed by atoms with Crippen LogP contribution in [0.5, 0.6) is 0 Å². The Hall–Kier alpha value is -2.76. The van der Waals surface area contributed by atoms with Crippen LogP contribution < -0.4 is 4.90 Å². The van der Waals surface area contributed by atoms with Crippen LogP contribution in [-0.2, 0) is 0 Å². The standard InChI is InChI=1S/C14H13N3O3/c1-9-11(13(19)20)8-15-14(16-9)17(2)12(18)10-6-4-3-5-7-10/h3-8H,1-2H3,(H,19,20). The summed E-state index contributed by atoms with van der Waals surface area (Å²) in [5, 5.41) is 8.92. The molecule has 2 aromatic rings. The number of nitrogens with zero attached hydrogens (tertiary/aromatic N) is 3. The van der Waals surface area contributed by atoms with E-state index >= 15 is 0 Å². The van der Waals surface area contributed by atoms with Gasteiger partial charge in [-0.15, -0.1) is 0 Å². The van der Waals surface area contributed by atoms with E-state index in [1.54, 1.807) is 38.2 Å². The lowest BCUT2D eigenvalue weighted by Gasteiger charge is -2.15. The monoisotopic (exact) mass is 271 g/mol. The van der Waals surface area contributed by atoms with Crippen LogP contribution in [0.4, 0.5) is 5.95 Å². The number of anilines is 1. The van der Waals surface area contributed by atoms with E-state index in [9.17, 15) is 9.59 Å². The number of benzene rings is 1. The predicted molar refractivity (Wildman–Crippen MR) is 72.9 cm³/mol. The van der Waals surface area contributed by atoms with Crippen LogP contribution in [0.3, 0.4) is 0 Å². The topological polar surface area (TPSA) is 83.4 Å². The third-order valence-electron chi connectivity index (χ3n) is 2.82. The Kier molecular flexibility index (Phi) is 3.74. The maximum atomic E-state index is 12.2. The minimum absolute atomic E-state index is 0.0225. The first-order valence-electron chi connectivity index (χ1n) is 5.90. The van der Waals surface area contributed by atoms with E-state index in [0.29, 0.717) is 11.3 Å². The molecule has 0 fully saturated rings. The average Bonchev–Trinajstić information content (AvgIpc) is 2.46. The number of amides is 1. The van der Waals surface area contributed by atoms with Gasteiger partial charge in [-0.1, -0.05) is 18.2 Å². The summed E-state index contributed by atoms with van der Waals surface area (Å²) in [5.41, 5.74) is 0.850. The summed E-state index contributed by atoms with van der Waals surface area (Å²) < 4.78 is 0. The fraction of sp³-hybridized carbons (Fsp3) is 0.143. The Morgan fingerprint density at radius 1 is 1.20 bits per heavy atom. The molecule has 0 aliphatic heterocycles. The van der Waals surface area contributed by atoms with Crippen molar-refractivity contribution >= 4 is 17.8 Å². The molecular formula is C14H13N3O3. The van der Waals surface area contributed by atoms with Crippen LogP contribution in [-0.4, -0.2) is 34.0 Å². The molecule has 1 N–H and O–H groups in total. The van der Waals surface area contributed by atoms with Crippen molar-refractivity contribution < 1.29 is 14.7 Å². The molecule has 0 bridgehead atoms. The van der Waals surface area contributed by atoms with Gasteiger partial charge in [0.2, 0.25) is 5.95 Å². The molecule has 102 valence electrons. The lowest BCUT2D eigenvalue weighted by molar-refractivity contribution is 0.0695. The second kappa shape index (κ2) is 5.48. The van der Waals surface area contributed by atoms with Crippen LogP contribution in [0.1, 0.15) is 26.4 Å². The van der Waals surface area contributed by atoms with Crippen LogP contribution in [0, 0.1) is 6.92 Å².